The van der Waals surface area contributed by atoms with E-state index in [1.807, 2.05) is 0 Å². The summed E-state index contributed by atoms with van der Waals surface area (Å²) in [7, 11) is 1.42. The lowest BCUT2D eigenvalue weighted by molar-refractivity contribution is -0.148. The fourth-order valence-corrected chi connectivity index (χ4v) is 6.19. The van der Waals surface area contributed by atoms with E-state index >= 15 is 0 Å². The summed E-state index contributed by atoms with van der Waals surface area (Å²) in [6.45, 7) is 2.57. The molecule has 1 atom stereocenters. The number of fused-ring (bicyclic) bond motifs is 1. The van der Waals surface area contributed by atoms with Crippen LogP contribution in [-0.2, 0) is 27.4 Å². The molecule has 4 rings (SSSR count). The Morgan fingerprint density at radius 2 is 1.75 bits per heavy atom. The van der Waals surface area contributed by atoms with Crippen LogP contribution in [0.25, 0.3) is 10.2 Å². The minimum absolute atomic E-state index is 0.0276. The number of nitrogens with zero attached hydrogens (tertiary/aromatic N) is 3. The van der Waals surface area contributed by atoms with Crippen molar-refractivity contribution in [3.05, 3.63) is 67.2 Å². The first-order valence-corrected chi connectivity index (χ1v) is 13.6. The summed E-state index contributed by atoms with van der Waals surface area (Å²) >= 11 is 0.847. The summed E-state index contributed by atoms with van der Waals surface area (Å²) in [4.78, 5) is 53.7. The Hall–Kier alpha value is -3.45. The Balaban J connectivity index is 1.77. The Morgan fingerprint density at radius 1 is 1.10 bits per heavy atom. The van der Waals surface area contributed by atoms with Gasteiger partial charge in [0, 0.05) is 46.5 Å². The Morgan fingerprint density at radius 3 is 2.33 bits per heavy atom. The number of aryl methyl sites for hydroxylation is 2. The number of aromatic nitrogens is 2. The number of hydrogen-bond acceptors (Lipinski definition) is 7. The van der Waals surface area contributed by atoms with Crippen LogP contribution in [0.2, 0.25) is 0 Å². The third-order valence-electron chi connectivity index (χ3n) is 6.97. The molecule has 1 aliphatic heterocycles. The van der Waals surface area contributed by atoms with Crippen LogP contribution in [0, 0.1) is 6.92 Å². The van der Waals surface area contributed by atoms with Gasteiger partial charge in [-0.3, -0.25) is 23.5 Å². The first-order valence-electron chi connectivity index (χ1n) is 12.8. The third-order valence-corrected chi connectivity index (χ3v) is 8.28. The first-order chi connectivity index (χ1) is 18.9. The largest absolute Gasteiger partial charge is 0.462 e. The van der Waals surface area contributed by atoms with Gasteiger partial charge in [0.2, 0.25) is 0 Å². The molecule has 0 N–H and O–H groups in total. The van der Waals surface area contributed by atoms with E-state index in [2.05, 4.69) is 0 Å². The van der Waals surface area contributed by atoms with Gasteiger partial charge in [-0.25, -0.2) is 4.79 Å². The van der Waals surface area contributed by atoms with Crippen molar-refractivity contribution < 1.29 is 32.2 Å². The fourth-order valence-electron chi connectivity index (χ4n) is 4.90. The predicted octanol–water partition coefficient (Wildman–Crippen LogP) is 4.04. The number of halogens is 3. The number of methoxy groups -OCH3 is 1. The van der Waals surface area contributed by atoms with Gasteiger partial charge in [-0.05, 0) is 18.1 Å². The van der Waals surface area contributed by atoms with E-state index < -0.39 is 42.5 Å². The molecule has 1 amide bonds. The minimum atomic E-state index is -4.54. The molecule has 1 aromatic carbocycles. The number of carbonyl (C=O) groups is 2. The van der Waals surface area contributed by atoms with Gasteiger partial charge in [-0.2, -0.15) is 13.2 Å². The van der Waals surface area contributed by atoms with Gasteiger partial charge in [0.15, 0.2) is 0 Å². The Bertz CT molecular complexity index is 1500. The van der Waals surface area contributed by atoms with Crippen LogP contribution in [0.3, 0.4) is 0 Å². The van der Waals surface area contributed by atoms with Crippen molar-refractivity contribution in [3.8, 4) is 0 Å². The number of carbonyl (C=O) groups excluding carboxylic acids is 2. The zero-order valence-electron chi connectivity index (χ0n) is 22.3. The molecule has 3 heterocycles. The van der Waals surface area contributed by atoms with Gasteiger partial charge in [-0.15, -0.1) is 11.3 Å². The van der Waals surface area contributed by atoms with E-state index in [4.69, 9.17) is 9.47 Å². The van der Waals surface area contributed by atoms with Gasteiger partial charge < -0.3 is 14.4 Å². The van der Waals surface area contributed by atoms with Gasteiger partial charge in [0.25, 0.3) is 11.5 Å². The number of thiophene rings is 1. The number of piperidine rings is 1. The van der Waals surface area contributed by atoms with Gasteiger partial charge in [0.1, 0.15) is 17.0 Å². The number of rotatable bonds is 8. The quantitative estimate of drug-likeness (QED) is 0.373. The molecule has 1 fully saturated rings. The van der Waals surface area contributed by atoms with Crippen molar-refractivity contribution in [2.75, 3.05) is 20.2 Å². The lowest BCUT2D eigenvalue weighted by Gasteiger charge is -2.31. The van der Waals surface area contributed by atoms with Crippen LogP contribution in [0.15, 0.2) is 39.9 Å². The molecule has 1 aliphatic rings. The second-order valence-electron chi connectivity index (χ2n) is 9.69. The van der Waals surface area contributed by atoms with Gasteiger partial charge >= 0.3 is 17.8 Å². The molecule has 13 heteroatoms. The summed E-state index contributed by atoms with van der Waals surface area (Å²) in [6.07, 6.45) is -5.95. The maximum Gasteiger partial charge on any atom is 0.390 e. The molecule has 0 aliphatic carbocycles. The summed E-state index contributed by atoms with van der Waals surface area (Å²) in [6, 6.07) is 8.86. The lowest BCUT2D eigenvalue weighted by atomic mass is 10.1. The summed E-state index contributed by atoms with van der Waals surface area (Å²) < 4.78 is 52.2. The van der Waals surface area contributed by atoms with E-state index in [1.54, 1.807) is 42.2 Å². The SMILES string of the molecule is COC(Cn1c(=O)c2c(C)c(C(=O)N3CCC(OC(C)=O)CC3)sc2n(CCC(F)(F)F)c1=O)c1ccccc1. The molecule has 9 nitrogen and oxygen atoms in total. The normalized spacial score (nSPS) is 15.4. The predicted molar refractivity (Wildman–Crippen MR) is 143 cm³/mol. The molecular weight excluding hydrogens is 551 g/mol. The van der Waals surface area contributed by atoms with Crippen molar-refractivity contribution in [3.63, 3.8) is 0 Å². The lowest BCUT2D eigenvalue weighted by Crippen LogP contribution is -2.41. The number of amides is 1. The monoisotopic (exact) mass is 581 g/mol. The maximum absolute atomic E-state index is 13.7. The highest BCUT2D eigenvalue weighted by Crippen LogP contribution is 2.31. The molecule has 40 heavy (non-hydrogen) atoms. The average Bonchev–Trinajstić information content (AvgIpc) is 3.25. The molecular formula is C27H30F3N3O6S. The number of alkyl halides is 3. The van der Waals surface area contributed by atoms with E-state index in [9.17, 15) is 32.3 Å². The summed E-state index contributed by atoms with van der Waals surface area (Å²) in [5.41, 5.74) is -0.599. The number of hydrogen-bond donors (Lipinski definition) is 0. The molecule has 0 bridgehead atoms. The van der Waals surface area contributed by atoms with Crippen LogP contribution >= 0.6 is 11.3 Å². The van der Waals surface area contributed by atoms with E-state index in [-0.39, 0.29) is 33.6 Å². The molecule has 216 valence electrons. The fraction of sp³-hybridized carbons (Fsp3) is 0.481. The third kappa shape index (κ3) is 6.30. The van der Waals surface area contributed by atoms with E-state index in [0.717, 1.165) is 20.5 Å². The maximum atomic E-state index is 13.7. The minimum Gasteiger partial charge on any atom is -0.462 e. The van der Waals surface area contributed by atoms with Crippen molar-refractivity contribution in [2.24, 2.45) is 0 Å². The second kappa shape index (κ2) is 12.0. The number of ether oxygens (including phenoxy) is 2. The van der Waals surface area contributed by atoms with Crippen molar-refractivity contribution in [2.45, 2.75) is 64.6 Å². The first kappa shape index (κ1) is 29.5. The van der Waals surface area contributed by atoms with Crippen LogP contribution in [-0.4, -0.2) is 58.4 Å². The smallest absolute Gasteiger partial charge is 0.390 e. The standard InChI is InChI=1S/C27H30F3N3O6S/c1-16-21-23(35)33(15-20(38-3)18-7-5-4-6-8-18)26(37)32(14-11-27(28,29)30)25(21)40-22(16)24(36)31-12-9-19(10-13-31)39-17(2)34/h4-8,19-20H,9-15H2,1-3H3. The summed E-state index contributed by atoms with van der Waals surface area (Å²) in [5.74, 6) is -0.791. The zero-order valence-corrected chi connectivity index (χ0v) is 23.1. The average molecular weight is 582 g/mol. The van der Waals surface area contributed by atoms with Crippen LogP contribution in [0.1, 0.15) is 53.1 Å². The molecule has 0 radical (unpaired) electrons. The van der Waals surface area contributed by atoms with Crippen molar-refractivity contribution in [1.82, 2.24) is 14.0 Å². The topological polar surface area (TPSA) is 99.8 Å². The van der Waals surface area contributed by atoms with Crippen LogP contribution < -0.4 is 11.2 Å². The second-order valence-corrected chi connectivity index (χ2v) is 10.7. The van der Waals surface area contributed by atoms with Crippen LogP contribution in [0.4, 0.5) is 13.2 Å². The van der Waals surface area contributed by atoms with E-state index in [1.165, 1.54) is 14.0 Å². The highest BCUT2D eigenvalue weighted by atomic mass is 32.1. The van der Waals surface area contributed by atoms with Crippen molar-refractivity contribution >= 4 is 33.4 Å². The molecule has 1 unspecified atom stereocenters. The van der Waals surface area contributed by atoms with E-state index in [0.29, 0.717) is 37.1 Å². The highest BCUT2D eigenvalue weighted by molar-refractivity contribution is 7.20. The molecule has 0 saturated carbocycles. The summed E-state index contributed by atoms with van der Waals surface area (Å²) in [5, 5.41) is 0.0350. The van der Waals surface area contributed by atoms with Gasteiger partial charge in [0.05, 0.1) is 23.2 Å². The number of esters is 1. The zero-order chi connectivity index (χ0) is 29.2. The molecule has 2 aromatic heterocycles. The van der Waals surface area contributed by atoms with Crippen molar-refractivity contribution in [1.29, 1.82) is 0 Å². The van der Waals surface area contributed by atoms with Crippen LogP contribution in [0.5, 0.6) is 0 Å². The number of likely N-dealkylation sites (tertiary alicyclic amines) is 1. The molecule has 0 spiro atoms. The highest BCUT2D eigenvalue weighted by Gasteiger charge is 2.32. The number of benzene rings is 1. The Kier molecular flexibility index (Phi) is 8.83. The Labute approximate surface area is 231 Å². The molecule has 1 saturated heterocycles. The molecule has 3 aromatic rings. The van der Waals surface area contributed by atoms with Gasteiger partial charge in [-0.1, -0.05) is 30.3 Å².